The second-order valence-electron chi connectivity index (χ2n) is 6.80. The molecule has 0 spiro atoms. The van der Waals surface area contributed by atoms with Crippen molar-refractivity contribution in [1.29, 1.82) is 0 Å². The first kappa shape index (κ1) is 23.5. The highest BCUT2D eigenvalue weighted by Crippen LogP contribution is 2.33. The van der Waals surface area contributed by atoms with Crippen LogP contribution >= 0.6 is 47.8 Å². The molecule has 33 heavy (non-hydrogen) atoms. The Hall–Kier alpha value is -2.69. The number of ether oxygens (including phenoxy) is 3. The van der Waals surface area contributed by atoms with E-state index in [0.29, 0.717) is 27.1 Å². The van der Waals surface area contributed by atoms with E-state index in [1.54, 1.807) is 48.5 Å². The van der Waals surface area contributed by atoms with Crippen molar-refractivity contribution in [2.75, 3.05) is 6.61 Å². The minimum Gasteiger partial charge on any atom is -0.485 e. The highest BCUT2D eigenvalue weighted by atomic mass is 79.9. The van der Waals surface area contributed by atoms with Crippen LogP contribution in [0.2, 0.25) is 0 Å². The van der Waals surface area contributed by atoms with Crippen LogP contribution in [0.3, 0.4) is 0 Å². The summed E-state index contributed by atoms with van der Waals surface area (Å²) in [5.41, 5.74) is 3.28. The van der Waals surface area contributed by atoms with Crippen molar-refractivity contribution in [3.05, 3.63) is 85.2 Å². The van der Waals surface area contributed by atoms with Crippen LogP contribution in [-0.4, -0.2) is 30.8 Å². The zero-order valence-corrected chi connectivity index (χ0v) is 21.5. The smallest absolute Gasteiger partial charge is 0.343 e. The Morgan fingerprint density at radius 3 is 2.58 bits per heavy atom. The number of nitrogens with one attached hydrogen (secondary N) is 1. The lowest BCUT2D eigenvalue weighted by molar-refractivity contribution is -0.130. The van der Waals surface area contributed by atoms with E-state index in [1.807, 2.05) is 12.1 Å². The molecule has 7 nitrogen and oxygen atoms in total. The molecule has 1 unspecified atom stereocenters. The van der Waals surface area contributed by atoms with Crippen molar-refractivity contribution in [3.8, 4) is 17.2 Å². The molecule has 168 valence electrons. The van der Waals surface area contributed by atoms with E-state index in [-0.39, 0.29) is 12.4 Å². The van der Waals surface area contributed by atoms with Gasteiger partial charge in [0.15, 0.2) is 17.2 Å². The number of hydrazone groups is 1. The lowest BCUT2D eigenvalue weighted by Crippen LogP contribution is -2.42. The Morgan fingerprint density at radius 2 is 1.79 bits per heavy atom. The van der Waals surface area contributed by atoms with Crippen LogP contribution in [0.15, 0.2) is 79.2 Å². The molecule has 1 atom stereocenters. The Bertz CT molecular complexity index is 1250. The highest BCUT2D eigenvalue weighted by Gasteiger charge is 2.27. The monoisotopic (exact) mass is 636 g/mol. The van der Waals surface area contributed by atoms with E-state index in [9.17, 15) is 9.59 Å². The number of hydrogen-bond acceptors (Lipinski definition) is 6. The standard InChI is InChI=1S/C23H15Br3N2O5/c24-15-5-3-4-13(8-15)23(30)33-21-14(9-16(25)10-17(21)26)11-27-28-22(29)20-12-31-18-6-1-2-7-19(18)32-20/h1-11,20H,12H2,(H,28,29)/b27-11+. The maximum atomic E-state index is 12.6. The number of carbonyl (C=O) groups is 2. The summed E-state index contributed by atoms with van der Waals surface area (Å²) >= 11 is 10.2. The lowest BCUT2D eigenvalue weighted by atomic mass is 10.2. The number of fused-ring (bicyclic) bond motifs is 1. The number of carbonyl (C=O) groups excluding carboxylic acids is 2. The largest absolute Gasteiger partial charge is 0.485 e. The molecular formula is C23H15Br3N2O5. The summed E-state index contributed by atoms with van der Waals surface area (Å²) < 4.78 is 18.9. The van der Waals surface area contributed by atoms with Gasteiger partial charge >= 0.3 is 5.97 Å². The van der Waals surface area contributed by atoms with E-state index in [0.717, 1.165) is 8.95 Å². The second kappa shape index (κ2) is 10.5. The quantitative estimate of drug-likeness (QED) is 0.173. The van der Waals surface area contributed by atoms with Gasteiger partial charge in [0, 0.05) is 14.5 Å². The Kier molecular flexibility index (Phi) is 7.46. The van der Waals surface area contributed by atoms with E-state index in [2.05, 4.69) is 58.3 Å². The molecule has 10 heteroatoms. The second-order valence-corrected chi connectivity index (χ2v) is 9.49. The Labute approximate surface area is 214 Å². The van der Waals surface area contributed by atoms with E-state index in [1.165, 1.54) is 6.21 Å². The molecule has 1 aliphatic rings. The zero-order valence-electron chi connectivity index (χ0n) is 16.8. The number of hydrogen-bond donors (Lipinski definition) is 1. The molecule has 3 aromatic rings. The molecule has 0 fully saturated rings. The fourth-order valence-electron chi connectivity index (χ4n) is 2.94. The first-order valence-corrected chi connectivity index (χ1v) is 12.0. The fraction of sp³-hybridized carbons (Fsp3) is 0.0870. The molecule has 0 aliphatic carbocycles. The van der Waals surface area contributed by atoms with Crippen LogP contribution < -0.4 is 19.6 Å². The third kappa shape index (κ3) is 5.82. The van der Waals surface area contributed by atoms with Crippen LogP contribution in [0.4, 0.5) is 0 Å². The van der Waals surface area contributed by atoms with E-state index in [4.69, 9.17) is 14.2 Å². The molecule has 0 saturated carbocycles. The number of esters is 1. The Morgan fingerprint density at radius 1 is 1.00 bits per heavy atom. The van der Waals surface area contributed by atoms with Gasteiger partial charge in [-0.3, -0.25) is 4.79 Å². The molecular weight excluding hydrogens is 624 g/mol. The topological polar surface area (TPSA) is 86.2 Å². The normalized spacial score (nSPS) is 14.7. The molecule has 1 heterocycles. The maximum absolute atomic E-state index is 12.6. The van der Waals surface area contributed by atoms with Crippen molar-refractivity contribution >= 4 is 65.9 Å². The number of benzene rings is 3. The first-order valence-electron chi connectivity index (χ1n) is 9.59. The molecule has 4 rings (SSSR count). The lowest BCUT2D eigenvalue weighted by Gasteiger charge is -2.24. The summed E-state index contributed by atoms with van der Waals surface area (Å²) in [7, 11) is 0. The van der Waals surface area contributed by atoms with Crippen LogP contribution in [0.25, 0.3) is 0 Å². The highest BCUT2D eigenvalue weighted by molar-refractivity contribution is 9.11. The number of nitrogens with zero attached hydrogens (tertiary/aromatic N) is 1. The van der Waals surface area contributed by atoms with E-state index < -0.39 is 18.0 Å². The predicted molar refractivity (Wildman–Crippen MR) is 133 cm³/mol. The Balaban J connectivity index is 1.47. The molecule has 0 bridgehead atoms. The predicted octanol–water partition coefficient (Wildman–Crippen LogP) is 5.48. The molecule has 1 aliphatic heterocycles. The number of amides is 1. The van der Waals surface area contributed by atoms with E-state index >= 15 is 0 Å². The van der Waals surface area contributed by atoms with Crippen molar-refractivity contribution in [3.63, 3.8) is 0 Å². The van der Waals surface area contributed by atoms with Crippen LogP contribution in [0, 0.1) is 0 Å². The van der Waals surface area contributed by atoms with Gasteiger partial charge in [-0.2, -0.15) is 5.10 Å². The molecule has 0 radical (unpaired) electrons. The SMILES string of the molecule is O=C(Oc1c(Br)cc(Br)cc1/C=N/NC(=O)C1COc2ccccc2O1)c1cccc(Br)c1. The average molecular weight is 639 g/mol. The number of halogens is 3. The van der Waals surface area contributed by atoms with Gasteiger partial charge in [0.2, 0.25) is 6.10 Å². The third-order valence-electron chi connectivity index (χ3n) is 4.47. The molecule has 1 N–H and O–H groups in total. The average Bonchev–Trinajstić information content (AvgIpc) is 2.80. The summed E-state index contributed by atoms with van der Waals surface area (Å²) in [5, 5.41) is 4.01. The van der Waals surface area contributed by atoms with Gasteiger partial charge in [-0.25, -0.2) is 10.2 Å². The minimum atomic E-state index is -0.847. The van der Waals surface area contributed by atoms with Gasteiger partial charge in [-0.05, 0) is 58.4 Å². The summed E-state index contributed by atoms with van der Waals surface area (Å²) in [4.78, 5) is 25.1. The van der Waals surface area contributed by atoms with Crippen molar-refractivity contribution < 1.29 is 23.8 Å². The molecule has 0 aromatic heterocycles. The van der Waals surface area contributed by atoms with Crippen LogP contribution in [0.1, 0.15) is 15.9 Å². The van der Waals surface area contributed by atoms with Gasteiger partial charge in [0.05, 0.1) is 16.3 Å². The van der Waals surface area contributed by atoms with Crippen molar-refractivity contribution in [1.82, 2.24) is 5.43 Å². The summed E-state index contributed by atoms with van der Waals surface area (Å²) in [5.74, 6) is 0.325. The summed E-state index contributed by atoms with van der Waals surface area (Å²) in [6.45, 7) is 0.0658. The van der Waals surface area contributed by atoms with Crippen molar-refractivity contribution in [2.24, 2.45) is 5.10 Å². The van der Waals surface area contributed by atoms with Gasteiger partial charge in [-0.1, -0.05) is 50.1 Å². The number of rotatable bonds is 5. The maximum Gasteiger partial charge on any atom is 0.343 e. The first-order chi connectivity index (χ1) is 15.9. The van der Waals surface area contributed by atoms with Gasteiger partial charge in [0.1, 0.15) is 6.61 Å². The van der Waals surface area contributed by atoms with Crippen molar-refractivity contribution in [2.45, 2.75) is 6.10 Å². The summed E-state index contributed by atoms with van der Waals surface area (Å²) in [6, 6.07) is 17.4. The minimum absolute atomic E-state index is 0.0658. The number of para-hydroxylation sites is 2. The molecule has 1 amide bonds. The molecule has 3 aromatic carbocycles. The fourth-order valence-corrected chi connectivity index (χ4v) is 4.68. The van der Waals surface area contributed by atoms with Crippen LogP contribution in [0.5, 0.6) is 17.2 Å². The van der Waals surface area contributed by atoms with Gasteiger partial charge in [0.25, 0.3) is 5.91 Å². The molecule has 0 saturated heterocycles. The van der Waals surface area contributed by atoms with Gasteiger partial charge in [-0.15, -0.1) is 0 Å². The third-order valence-corrected chi connectivity index (χ3v) is 6.01. The van der Waals surface area contributed by atoms with Crippen LogP contribution in [-0.2, 0) is 4.79 Å². The summed E-state index contributed by atoms with van der Waals surface area (Å²) in [6.07, 6.45) is 0.536. The zero-order chi connectivity index (χ0) is 23.4. The van der Waals surface area contributed by atoms with Gasteiger partial charge < -0.3 is 14.2 Å².